The molecule has 0 spiro atoms. The molecule has 0 radical (unpaired) electrons. The van der Waals surface area contributed by atoms with Gasteiger partial charge in [0.15, 0.2) is 0 Å². The topological polar surface area (TPSA) is 61.8 Å². The lowest BCUT2D eigenvalue weighted by atomic mass is 9.73. The van der Waals surface area contributed by atoms with Crippen LogP contribution >= 0.6 is 0 Å². The Morgan fingerprint density at radius 2 is 1.57 bits per heavy atom. The van der Waals surface area contributed by atoms with Crippen LogP contribution in [0.1, 0.15) is 212 Å². The molecule has 0 bridgehead atoms. The molecule has 5 nitrogen and oxygen atoms in total. The Hall–Kier alpha value is -3.80. The highest BCUT2D eigenvalue weighted by molar-refractivity contribution is 6.09. The highest BCUT2D eigenvalue weighted by Gasteiger charge is 2.53. The fourth-order valence-electron chi connectivity index (χ4n) is 7.94. The molecular weight excluding hydrogens is 778 g/mol. The number of anilines is 1. The van der Waals surface area contributed by atoms with Gasteiger partial charge in [-0.15, -0.1) is 0 Å². The van der Waals surface area contributed by atoms with Crippen LogP contribution in [0.25, 0.3) is 5.57 Å². The van der Waals surface area contributed by atoms with Crippen LogP contribution in [0.5, 0.6) is 0 Å². The van der Waals surface area contributed by atoms with Gasteiger partial charge in [0.05, 0.1) is 16.8 Å². The molecule has 1 saturated carbocycles. The Labute approximate surface area is 388 Å². The van der Waals surface area contributed by atoms with Gasteiger partial charge in [0.25, 0.3) is 0 Å². The van der Waals surface area contributed by atoms with Gasteiger partial charge < -0.3 is 10.2 Å². The number of rotatable bonds is 21. The predicted octanol–water partition coefficient (Wildman–Crippen LogP) is 17.2. The molecule has 1 amide bonds. The summed E-state index contributed by atoms with van der Waals surface area (Å²) in [5.41, 5.74) is 6.95. The van der Waals surface area contributed by atoms with E-state index in [2.05, 4.69) is 111 Å². The number of amides is 1. The summed E-state index contributed by atoms with van der Waals surface area (Å²) in [5, 5.41) is 3.19. The molecule has 3 rings (SSSR count). The van der Waals surface area contributed by atoms with Gasteiger partial charge in [0.1, 0.15) is 11.6 Å². The Kier molecular flexibility index (Phi) is 28.5. The van der Waals surface area contributed by atoms with Crippen LogP contribution in [-0.2, 0) is 15.0 Å². The van der Waals surface area contributed by atoms with Gasteiger partial charge in [0, 0.05) is 29.6 Å². The molecule has 1 aliphatic carbocycles. The summed E-state index contributed by atoms with van der Waals surface area (Å²) >= 11 is 0. The second-order valence-corrected chi connectivity index (χ2v) is 19.3. The lowest BCUT2D eigenvalue weighted by molar-refractivity contribution is -0.125. The molecule has 1 aliphatic heterocycles. The molecule has 1 aromatic rings. The number of carbonyl (C=O) groups excluding carboxylic acids is 2. The number of Topliss-reactive ketones (excluding diaryl/α,β-unsaturated/α-hetero) is 1. The average Bonchev–Trinajstić information content (AvgIpc) is 3.45. The number of nitrogens with zero attached hydrogens (tertiary/aromatic N) is 2. The first-order chi connectivity index (χ1) is 29.6. The lowest BCUT2D eigenvalue weighted by Gasteiger charge is -2.42. The number of fused-ring (bicyclic) bond motifs is 1. The first kappa shape index (κ1) is 59.2. The number of ketones is 1. The monoisotopic (exact) mass is 872 g/mol. The minimum Gasteiger partial charge on any atom is -0.356 e. The van der Waals surface area contributed by atoms with Gasteiger partial charge in [-0.05, 0) is 136 Å². The molecule has 1 heterocycles. The van der Waals surface area contributed by atoms with E-state index in [-0.39, 0.29) is 12.0 Å². The third-order valence-electron chi connectivity index (χ3n) is 12.4. The summed E-state index contributed by atoms with van der Waals surface area (Å²) in [4.78, 5) is 31.6. The highest BCUT2D eigenvalue weighted by atomic mass is 19.1. The van der Waals surface area contributed by atoms with Crippen molar-refractivity contribution in [1.82, 2.24) is 5.32 Å². The normalized spacial score (nSPS) is 18.2. The molecule has 1 fully saturated rings. The second kappa shape index (κ2) is 30.4. The summed E-state index contributed by atoms with van der Waals surface area (Å²) in [6.45, 7) is 43.7. The summed E-state index contributed by atoms with van der Waals surface area (Å²) in [6, 6.07) is 6.76. The minimum absolute atomic E-state index is 0.264. The molecular formula is C57H94FN3O2. The lowest BCUT2D eigenvalue weighted by Crippen LogP contribution is -2.50. The first-order valence-electron chi connectivity index (χ1n) is 24.7. The van der Waals surface area contributed by atoms with E-state index in [0.29, 0.717) is 28.7 Å². The van der Waals surface area contributed by atoms with Crippen molar-refractivity contribution < 1.29 is 14.0 Å². The number of benzene rings is 1. The largest absolute Gasteiger partial charge is 0.356 e. The maximum atomic E-state index is 14.4. The number of hydrogen-bond acceptors (Lipinski definition) is 4. The molecule has 356 valence electrons. The molecule has 1 unspecified atom stereocenters. The standard InChI is InChI=1S/C39H54FN3O.C8H18.C6H12O.C4H10/c1-10-16-30-24-32(25-30)43-37-26-31(18-19-33(37)39(20-12-3,21-13-4)38(43)44)27(7)23-36(41-22-14-5)28(8)29(9)42-35(17-11-2)34(40)15-6;1-5-7-8(3,4)6-2;1-4-5(2)6(3)7;1-4(2)3/h11,15,17-19,22-23,26,30,32,42H,6-7,10,12-14,16,20-21,24-25H2,1-5,8-9H3;5-7H2,1-4H3;5H,4H2,1-3H3;4H,1-3H3/b17-11-,29-28+,35-34-,36-23+,41-22?;;;. The molecule has 2 aliphatic rings. The zero-order valence-electron chi connectivity index (χ0n) is 43.6. The van der Waals surface area contributed by atoms with E-state index in [1.807, 2.05) is 53.8 Å². The number of nitrogens with one attached hydrogen (secondary N) is 1. The molecule has 63 heavy (non-hydrogen) atoms. The Bertz CT molecular complexity index is 1720. The fraction of sp³-hybridized carbons (Fsp3) is 0.632. The van der Waals surface area contributed by atoms with E-state index in [1.54, 1.807) is 19.1 Å². The number of aliphatic imine (C=N–C) groups is 1. The SMILES string of the molecule is C=C/C(F)=C(\C=C/C)N/C(C)=C(C)/C(=C\C(=C)c1ccc2c(c1)N(C1CC(CCC)C1)C(=O)C2(CCC)CCC)N=CCC.CC(C)C.CCC(C)C(C)=O.CCCC(C)(C)CC. The summed E-state index contributed by atoms with van der Waals surface area (Å²) in [6.07, 6.45) is 22.6. The fourth-order valence-corrected chi connectivity index (χ4v) is 7.94. The minimum atomic E-state index is -0.443. The maximum absolute atomic E-state index is 14.4. The maximum Gasteiger partial charge on any atom is 0.237 e. The first-order valence-corrected chi connectivity index (χ1v) is 24.7. The van der Waals surface area contributed by atoms with E-state index in [0.717, 1.165) is 91.1 Å². The second-order valence-electron chi connectivity index (χ2n) is 19.3. The van der Waals surface area contributed by atoms with Crippen LogP contribution < -0.4 is 10.2 Å². The molecule has 1 aromatic carbocycles. The van der Waals surface area contributed by atoms with Crippen molar-refractivity contribution in [3.63, 3.8) is 0 Å². The zero-order valence-corrected chi connectivity index (χ0v) is 43.6. The van der Waals surface area contributed by atoms with Crippen molar-refractivity contribution in [2.45, 2.75) is 213 Å². The summed E-state index contributed by atoms with van der Waals surface area (Å²) in [7, 11) is 0. The number of hydrogen-bond donors (Lipinski definition) is 1. The van der Waals surface area contributed by atoms with Crippen LogP contribution in [0.3, 0.4) is 0 Å². The van der Waals surface area contributed by atoms with Gasteiger partial charge in [-0.2, -0.15) is 0 Å². The molecule has 1 atom stereocenters. The van der Waals surface area contributed by atoms with Crippen LogP contribution in [-0.4, -0.2) is 23.9 Å². The van der Waals surface area contributed by atoms with Crippen molar-refractivity contribution in [3.8, 4) is 0 Å². The summed E-state index contributed by atoms with van der Waals surface area (Å²) < 4.78 is 14.4. The smallest absolute Gasteiger partial charge is 0.237 e. The van der Waals surface area contributed by atoms with Crippen LogP contribution in [0.4, 0.5) is 10.1 Å². The van der Waals surface area contributed by atoms with Gasteiger partial charge in [-0.3, -0.25) is 14.6 Å². The van der Waals surface area contributed by atoms with Crippen molar-refractivity contribution in [2.75, 3.05) is 4.90 Å². The van der Waals surface area contributed by atoms with E-state index < -0.39 is 11.2 Å². The van der Waals surface area contributed by atoms with Gasteiger partial charge in [-0.25, -0.2) is 4.39 Å². The van der Waals surface area contributed by atoms with Crippen molar-refractivity contribution >= 4 is 29.2 Å². The zero-order chi connectivity index (χ0) is 48.5. The van der Waals surface area contributed by atoms with E-state index in [9.17, 15) is 14.0 Å². The van der Waals surface area contributed by atoms with E-state index in [4.69, 9.17) is 4.99 Å². The molecule has 0 aromatic heterocycles. The Morgan fingerprint density at radius 1 is 0.984 bits per heavy atom. The van der Waals surface area contributed by atoms with Gasteiger partial charge in [-0.1, -0.05) is 160 Å². The van der Waals surface area contributed by atoms with E-state index >= 15 is 0 Å². The molecule has 6 heteroatoms. The van der Waals surface area contributed by atoms with Crippen LogP contribution in [0.15, 0.2) is 89.1 Å². The number of allylic oxidation sites excluding steroid dienone is 8. The molecule has 1 N–H and O–H groups in total. The number of carbonyl (C=O) groups is 2. The third-order valence-corrected chi connectivity index (χ3v) is 12.4. The van der Waals surface area contributed by atoms with Gasteiger partial charge in [0.2, 0.25) is 5.91 Å². The van der Waals surface area contributed by atoms with E-state index in [1.165, 1.54) is 43.7 Å². The van der Waals surface area contributed by atoms with Crippen LogP contribution in [0, 0.1) is 23.2 Å². The third kappa shape index (κ3) is 19.1. The van der Waals surface area contributed by atoms with Crippen molar-refractivity contribution in [2.24, 2.45) is 28.2 Å². The predicted molar refractivity (Wildman–Crippen MR) is 277 cm³/mol. The van der Waals surface area contributed by atoms with Crippen LogP contribution in [0.2, 0.25) is 0 Å². The van der Waals surface area contributed by atoms with Crippen molar-refractivity contribution in [1.29, 1.82) is 0 Å². The van der Waals surface area contributed by atoms with Gasteiger partial charge >= 0.3 is 0 Å². The Morgan fingerprint density at radius 3 is 1.98 bits per heavy atom. The molecule has 0 saturated heterocycles. The Balaban J connectivity index is 0.00000168. The number of halogens is 1. The highest BCUT2D eigenvalue weighted by Crippen LogP contribution is 2.52. The van der Waals surface area contributed by atoms with Crippen molar-refractivity contribution in [3.05, 3.63) is 95.3 Å². The summed E-state index contributed by atoms with van der Waals surface area (Å²) in [5.74, 6) is 1.97. The quantitative estimate of drug-likeness (QED) is 0.0989. The average molecular weight is 872 g/mol.